The zero-order valence-electron chi connectivity index (χ0n) is 15.7. The number of nitrogens with zero attached hydrogens (tertiary/aromatic N) is 1. The van der Waals surface area contributed by atoms with Gasteiger partial charge in [0.15, 0.2) is 0 Å². The zero-order valence-corrected chi connectivity index (χ0v) is 15.7. The van der Waals surface area contributed by atoms with Gasteiger partial charge in [-0.2, -0.15) is 0 Å². The van der Waals surface area contributed by atoms with E-state index < -0.39 is 0 Å². The Morgan fingerprint density at radius 2 is 1.85 bits per heavy atom. The van der Waals surface area contributed by atoms with Gasteiger partial charge in [0.2, 0.25) is 5.91 Å². The number of esters is 1. The number of hydrogen-bond acceptors (Lipinski definition) is 3. The van der Waals surface area contributed by atoms with Crippen LogP contribution in [0.4, 0.5) is 4.39 Å². The van der Waals surface area contributed by atoms with Gasteiger partial charge in [-0.15, -0.1) is 0 Å². The molecule has 5 nitrogen and oxygen atoms in total. The lowest BCUT2D eigenvalue weighted by Gasteiger charge is -2.08. The SMILES string of the molecule is CCOC(=O)c1c(C)c(CCC(=O)NCc2ccc(F)cc2)n(C)c1C. The lowest BCUT2D eigenvalue weighted by molar-refractivity contribution is -0.121. The van der Waals surface area contributed by atoms with E-state index in [1.54, 1.807) is 19.1 Å². The van der Waals surface area contributed by atoms with Crippen LogP contribution in [0.15, 0.2) is 24.3 Å². The fourth-order valence-electron chi connectivity index (χ4n) is 3.02. The number of rotatable bonds is 7. The third kappa shape index (κ3) is 4.50. The minimum absolute atomic E-state index is 0.0923. The molecule has 0 fully saturated rings. The molecule has 26 heavy (non-hydrogen) atoms. The number of hydrogen-bond donors (Lipinski definition) is 1. The van der Waals surface area contributed by atoms with Gasteiger partial charge in [0.1, 0.15) is 5.82 Å². The van der Waals surface area contributed by atoms with E-state index in [9.17, 15) is 14.0 Å². The van der Waals surface area contributed by atoms with Crippen LogP contribution in [0.3, 0.4) is 0 Å². The summed E-state index contributed by atoms with van der Waals surface area (Å²) in [5.74, 6) is -0.720. The maximum Gasteiger partial charge on any atom is 0.340 e. The van der Waals surface area contributed by atoms with Gasteiger partial charge in [-0.25, -0.2) is 9.18 Å². The van der Waals surface area contributed by atoms with Crippen LogP contribution in [-0.2, 0) is 29.5 Å². The van der Waals surface area contributed by atoms with Gasteiger partial charge in [0.25, 0.3) is 0 Å². The maximum absolute atomic E-state index is 12.9. The van der Waals surface area contributed by atoms with Crippen LogP contribution in [0.2, 0.25) is 0 Å². The first-order valence-corrected chi connectivity index (χ1v) is 8.68. The summed E-state index contributed by atoms with van der Waals surface area (Å²) in [5.41, 5.74) is 4.06. The minimum atomic E-state index is -0.329. The van der Waals surface area contributed by atoms with Crippen molar-refractivity contribution in [3.63, 3.8) is 0 Å². The van der Waals surface area contributed by atoms with E-state index in [2.05, 4.69) is 5.32 Å². The highest BCUT2D eigenvalue weighted by Gasteiger charge is 2.22. The number of halogens is 1. The summed E-state index contributed by atoms with van der Waals surface area (Å²) in [6.07, 6.45) is 0.833. The Hall–Kier alpha value is -2.63. The highest BCUT2D eigenvalue weighted by atomic mass is 19.1. The van der Waals surface area contributed by atoms with Crippen molar-refractivity contribution in [3.05, 3.63) is 58.2 Å². The fourth-order valence-corrected chi connectivity index (χ4v) is 3.02. The van der Waals surface area contributed by atoms with Crippen LogP contribution in [0.5, 0.6) is 0 Å². The monoisotopic (exact) mass is 360 g/mol. The summed E-state index contributed by atoms with van der Waals surface area (Å²) < 4.78 is 19.9. The Morgan fingerprint density at radius 1 is 1.19 bits per heavy atom. The minimum Gasteiger partial charge on any atom is -0.462 e. The van der Waals surface area contributed by atoms with Crippen molar-refractivity contribution in [2.45, 2.75) is 40.2 Å². The van der Waals surface area contributed by atoms with Crippen molar-refractivity contribution in [1.29, 1.82) is 0 Å². The molecule has 1 heterocycles. The van der Waals surface area contributed by atoms with E-state index in [1.165, 1.54) is 12.1 Å². The van der Waals surface area contributed by atoms with Crippen LogP contribution in [-0.4, -0.2) is 23.1 Å². The van der Waals surface area contributed by atoms with Gasteiger partial charge in [-0.05, 0) is 50.5 Å². The van der Waals surface area contributed by atoms with Crippen molar-refractivity contribution in [3.8, 4) is 0 Å². The van der Waals surface area contributed by atoms with Gasteiger partial charge in [-0.3, -0.25) is 4.79 Å². The standard InChI is InChI=1S/C20H25FN2O3/c1-5-26-20(25)19-13(2)17(23(4)14(19)3)10-11-18(24)22-12-15-6-8-16(21)9-7-15/h6-9H,5,10-12H2,1-4H3,(H,22,24). The number of carbonyl (C=O) groups is 2. The van der Waals surface area contributed by atoms with Gasteiger partial charge in [0.05, 0.1) is 12.2 Å². The average molecular weight is 360 g/mol. The molecular weight excluding hydrogens is 335 g/mol. The third-order valence-corrected chi connectivity index (χ3v) is 4.55. The normalized spacial score (nSPS) is 10.7. The second-order valence-corrected chi connectivity index (χ2v) is 6.21. The van der Waals surface area contributed by atoms with Crippen molar-refractivity contribution < 1.29 is 18.7 Å². The molecule has 0 unspecified atom stereocenters. The fraction of sp³-hybridized carbons (Fsp3) is 0.400. The number of ether oxygens (including phenoxy) is 1. The van der Waals surface area contributed by atoms with Crippen LogP contribution in [0, 0.1) is 19.7 Å². The first kappa shape index (κ1) is 19.7. The van der Waals surface area contributed by atoms with Crippen LogP contribution >= 0.6 is 0 Å². The summed E-state index contributed by atoms with van der Waals surface area (Å²) in [7, 11) is 1.89. The molecule has 2 aromatic rings. The highest BCUT2D eigenvalue weighted by Crippen LogP contribution is 2.23. The van der Waals surface area contributed by atoms with E-state index in [-0.39, 0.29) is 17.7 Å². The van der Waals surface area contributed by atoms with Gasteiger partial charge in [-0.1, -0.05) is 12.1 Å². The topological polar surface area (TPSA) is 60.3 Å². The molecule has 0 aliphatic rings. The number of nitrogens with one attached hydrogen (secondary N) is 1. The average Bonchev–Trinajstić information content (AvgIpc) is 2.82. The smallest absolute Gasteiger partial charge is 0.340 e. The molecule has 0 bridgehead atoms. The van der Waals surface area contributed by atoms with E-state index in [1.807, 2.05) is 25.5 Å². The molecule has 6 heteroatoms. The summed E-state index contributed by atoms with van der Waals surface area (Å²) in [4.78, 5) is 24.3. The summed E-state index contributed by atoms with van der Waals surface area (Å²) in [6, 6.07) is 6.03. The molecular formula is C20H25FN2O3. The molecule has 0 radical (unpaired) electrons. The van der Waals surface area contributed by atoms with Crippen molar-refractivity contribution in [2.75, 3.05) is 6.61 Å². The van der Waals surface area contributed by atoms with E-state index in [0.29, 0.717) is 31.6 Å². The lowest BCUT2D eigenvalue weighted by atomic mass is 10.1. The van der Waals surface area contributed by atoms with Crippen LogP contribution < -0.4 is 5.32 Å². The number of carbonyl (C=O) groups excluding carboxylic acids is 2. The number of aromatic nitrogens is 1. The molecule has 2 rings (SSSR count). The van der Waals surface area contributed by atoms with Gasteiger partial charge in [0, 0.05) is 31.4 Å². The number of amides is 1. The Kier molecular flexibility index (Phi) is 6.55. The molecule has 0 atom stereocenters. The predicted molar refractivity (Wildman–Crippen MR) is 97.4 cm³/mol. The molecule has 0 saturated carbocycles. The first-order valence-electron chi connectivity index (χ1n) is 8.68. The van der Waals surface area contributed by atoms with E-state index in [0.717, 1.165) is 22.5 Å². The molecule has 0 saturated heterocycles. The summed E-state index contributed by atoms with van der Waals surface area (Å²) in [5, 5.41) is 2.83. The third-order valence-electron chi connectivity index (χ3n) is 4.55. The van der Waals surface area contributed by atoms with Crippen molar-refractivity contribution >= 4 is 11.9 Å². The zero-order chi connectivity index (χ0) is 19.3. The Labute approximate surface area is 153 Å². The van der Waals surface area contributed by atoms with Gasteiger partial charge >= 0.3 is 5.97 Å². The molecule has 0 spiro atoms. The summed E-state index contributed by atoms with van der Waals surface area (Å²) in [6.45, 7) is 6.21. The molecule has 1 aromatic heterocycles. The summed E-state index contributed by atoms with van der Waals surface area (Å²) >= 11 is 0. The second-order valence-electron chi connectivity index (χ2n) is 6.21. The predicted octanol–water partition coefficient (Wildman–Crippen LogP) is 3.21. The lowest BCUT2D eigenvalue weighted by Crippen LogP contribution is -2.23. The Morgan fingerprint density at radius 3 is 2.46 bits per heavy atom. The largest absolute Gasteiger partial charge is 0.462 e. The van der Waals surface area contributed by atoms with Crippen molar-refractivity contribution in [2.24, 2.45) is 7.05 Å². The van der Waals surface area contributed by atoms with E-state index >= 15 is 0 Å². The molecule has 1 aromatic carbocycles. The van der Waals surface area contributed by atoms with Gasteiger partial charge < -0.3 is 14.6 Å². The molecule has 0 aliphatic heterocycles. The maximum atomic E-state index is 12.9. The Bertz CT molecular complexity index is 794. The second kappa shape index (κ2) is 8.65. The highest BCUT2D eigenvalue weighted by molar-refractivity contribution is 5.93. The molecule has 140 valence electrons. The number of benzene rings is 1. The van der Waals surface area contributed by atoms with Crippen molar-refractivity contribution in [1.82, 2.24) is 9.88 Å². The van der Waals surface area contributed by atoms with Crippen LogP contribution in [0.25, 0.3) is 0 Å². The molecule has 0 aliphatic carbocycles. The quantitative estimate of drug-likeness (QED) is 0.772. The van der Waals surface area contributed by atoms with E-state index in [4.69, 9.17) is 4.74 Å². The molecule has 1 amide bonds. The first-order chi connectivity index (χ1) is 12.3. The van der Waals surface area contributed by atoms with Crippen LogP contribution in [0.1, 0.15) is 46.2 Å². The molecule has 1 N–H and O–H groups in total. The Balaban J connectivity index is 1.98.